The van der Waals surface area contributed by atoms with Gasteiger partial charge in [0.2, 0.25) is 0 Å². The van der Waals surface area contributed by atoms with E-state index in [1.165, 1.54) is 12.0 Å². The third kappa shape index (κ3) is 4.17. The van der Waals surface area contributed by atoms with Crippen LogP contribution in [0, 0.1) is 0 Å². The molecule has 3 aromatic carbocycles. The van der Waals surface area contributed by atoms with Crippen LogP contribution in [0.3, 0.4) is 0 Å². The Morgan fingerprint density at radius 1 is 1.03 bits per heavy atom. The van der Waals surface area contributed by atoms with Gasteiger partial charge in [0.05, 0.1) is 30.9 Å². The van der Waals surface area contributed by atoms with Gasteiger partial charge in [0, 0.05) is 10.7 Å². The van der Waals surface area contributed by atoms with Crippen LogP contribution in [0.4, 0.5) is 5.69 Å². The molecule has 168 valence electrons. The van der Waals surface area contributed by atoms with Gasteiger partial charge in [0.25, 0.3) is 11.7 Å². The van der Waals surface area contributed by atoms with Crippen molar-refractivity contribution < 1.29 is 24.2 Å². The predicted octanol–water partition coefficient (Wildman–Crippen LogP) is 5.37. The number of ketones is 1. The summed E-state index contributed by atoms with van der Waals surface area (Å²) < 4.78 is 11.0. The first-order valence-corrected chi connectivity index (χ1v) is 10.8. The second-order valence-electron chi connectivity index (χ2n) is 7.35. The molecule has 6 nitrogen and oxygen atoms in total. The summed E-state index contributed by atoms with van der Waals surface area (Å²) in [5.41, 5.74) is 1.32. The Hall–Kier alpha value is -3.77. The highest BCUT2D eigenvalue weighted by molar-refractivity contribution is 6.51. The van der Waals surface area contributed by atoms with Crippen molar-refractivity contribution in [1.29, 1.82) is 0 Å². The summed E-state index contributed by atoms with van der Waals surface area (Å²) in [5, 5.41) is 11.7. The zero-order valence-corrected chi connectivity index (χ0v) is 18.9. The maximum Gasteiger partial charge on any atom is 0.300 e. The normalized spacial score (nSPS) is 17.3. The molecule has 1 amide bonds. The van der Waals surface area contributed by atoms with Gasteiger partial charge in [-0.05, 0) is 55.0 Å². The SMILES string of the molecule is CCOc1cccc(C2/C(=C(\O)c3ccccc3OC)C(=O)C(=O)N2c2cccc(Cl)c2)c1. The fourth-order valence-corrected chi connectivity index (χ4v) is 4.15. The minimum absolute atomic E-state index is 0.0434. The molecule has 0 aromatic heterocycles. The lowest BCUT2D eigenvalue weighted by atomic mass is 9.94. The van der Waals surface area contributed by atoms with Crippen LogP contribution in [0.1, 0.15) is 24.1 Å². The van der Waals surface area contributed by atoms with E-state index < -0.39 is 17.7 Å². The summed E-state index contributed by atoms with van der Waals surface area (Å²) in [6.07, 6.45) is 0. The summed E-state index contributed by atoms with van der Waals surface area (Å²) in [5.74, 6) is -0.914. The van der Waals surface area contributed by atoms with E-state index in [2.05, 4.69) is 0 Å². The average molecular weight is 464 g/mol. The van der Waals surface area contributed by atoms with Gasteiger partial charge in [0.1, 0.15) is 17.3 Å². The molecular formula is C26H22ClNO5. The van der Waals surface area contributed by atoms with Crippen LogP contribution >= 0.6 is 11.6 Å². The number of nitrogens with zero attached hydrogens (tertiary/aromatic N) is 1. The van der Waals surface area contributed by atoms with Crippen molar-refractivity contribution in [3.63, 3.8) is 0 Å². The quantitative estimate of drug-likeness (QED) is 0.302. The maximum atomic E-state index is 13.3. The molecule has 1 fully saturated rings. The number of ether oxygens (including phenoxy) is 2. The molecule has 0 bridgehead atoms. The third-order valence-electron chi connectivity index (χ3n) is 5.38. The first-order valence-electron chi connectivity index (χ1n) is 10.4. The van der Waals surface area contributed by atoms with Crippen LogP contribution in [0.2, 0.25) is 5.02 Å². The van der Waals surface area contributed by atoms with Crippen LogP contribution in [-0.4, -0.2) is 30.5 Å². The number of hydrogen-bond donors (Lipinski definition) is 1. The zero-order chi connectivity index (χ0) is 23.5. The van der Waals surface area contributed by atoms with Crippen molar-refractivity contribution in [1.82, 2.24) is 0 Å². The van der Waals surface area contributed by atoms with E-state index in [1.54, 1.807) is 72.8 Å². The Labute approximate surface area is 196 Å². The molecule has 1 unspecified atom stereocenters. The highest BCUT2D eigenvalue weighted by Crippen LogP contribution is 2.44. The first-order chi connectivity index (χ1) is 16.0. The molecule has 33 heavy (non-hydrogen) atoms. The number of benzene rings is 3. The lowest BCUT2D eigenvalue weighted by Crippen LogP contribution is -2.29. The van der Waals surface area contributed by atoms with E-state index in [0.717, 1.165) is 0 Å². The summed E-state index contributed by atoms with van der Waals surface area (Å²) in [6.45, 7) is 2.32. The largest absolute Gasteiger partial charge is 0.507 e. The zero-order valence-electron chi connectivity index (χ0n) is 18.1. The molecule has 7 heteroatoms. The molecule has 3 aromatic rings. The lowest BCUT2D eigenvalue weighted by Gasteiger charge is -2.26. The Balaban J connectivity index is 1.97. The van der Waals surface area contributed by atoms with Gasteiger partial charge in [-0.15, -0.1) is 0 Å². The van der Waals surface area contributed by atoms with Crippen molar-refractivity contribution in [3.05, 3.63) is 94.5 Å². The van der Waals surface area contributed by atoms with E-state index in [9.17, 15) is 14.7 Å². The number of carbonyl (C=O) groups excluding carboxylic acids is 2. The van der Waals surface area contributed by atoms with Crippen molar-refractivity contribution in [3.8, 4) is 11.5 Å². The van der Waals surface area contributed by atoms with Gasteiger partial charge in [-0.25, -0.2) is 0 Å². The summed E-state index contributed by atoms with van der Waals surface area (Å²) in [6, 6.07) is 19.7. The van der Waals surface area contributed by atoms with E-state index >= 15 is 0 Å². The standard InChI is InChI=1S/C26H22ClNO5/c1-3-33-19-11-6-8-16(14-19)23-22(24(29)20-12-4-5-13-21(20)32-2)25(30)26(31)28(23)18-10-7-9-17(27)15-18/h4-15,23,29H,3H2,1-2H3/b24-22+. The fraction of sp³-hybridized carbons (Fsp3) is 0.154. The Morgan fingerprint density at radius 2 is 1.79 bits per heavy atom. The Morgan fingerprint density at radius 3 is 2.52 bits per heavy atom. The summed E-state index contributed by atoms with van der Waals surface area (Å²) >= 11 is 6.18. The van der Waals surface area contributed by atoms with E-state index in [4.69, 9.17) is 21.1 Å². The molecule has 0 saturated carbocycles. The number of hydrogen-bond acceptors (Lipinski definition) is 5. The summed E-state index contributed by atoms with van der Waals surface area (Å²) in [4.78, 5) is 27.9. The number of para-hydroxylation sites is 1. The molecule has 1 aliphatic heterocycles. The smallest absolute Gasteiger partial charge is 0.300 e. The number of methoxy groups -OCH3 is 1. The Bertz CT molecular complexity index is 1250. The number of rotatable bonds is 6. The number of amides is 1. The molecule has 1 aliphatic rings. The molecule has 0 spiro atoms. The van der Waals surface area contributed by atoms with Crippen molar-refractivity contribution >= 4 is 34.7 Å². The van der Waals surface area contributed by atoms with Crippen LogP contribution < -0.4 is 14.4 Å². The number of aliphatic hydroxyl groups excluding tert-OH is 1. The van der Waals surface area contributed by atoms with Crippen molar-refractivity contribution in [2.45, 2.75) is 13.0 Å². The molecular weight excluding hydrogens is 442 g/mol. The van der Waals surface area contributed by atoms with Crippen LogP contribution in [0.25, 0.3) is 5.76 Å². The number of halogens is 1. The van der Waals surface area contributed by atoms with Crippen LogP contribution in [-0.2, 0) is 9.59 Å². The van der Waals surface area contributed by atoms with Gasteiger partial charge in [-0.3, -0.25) is 14.5 Å². The van der Waals surface area contributed by atoms with Gasteiger partial charge in [-0.2, -0.15) is 0 Å². The van der Waals surface area contributed by atoms with E-state index in [1.807, 2.05) is 6.92 Å². The van der Waals surface area contributed by atoms with Gasteiger partial charge < -0.3 is 14.6 Å². The Kier molecular flexibility index (Phi) is 6.38. The van der Waals surface area contributed by atoms with E-state index in [-0.39, 0.29) is 11.3 Å². The highest BCUT2D eigenvalue weighted by atomic mass is 35.5. The molecule has 1 N–H and O–H groups in total. The average Bonchev–Trinajstić information content (AvgIpc) is 3.09. The topological polar surface area (TPSA) is 76.1 Å². The molecule has 0 radical (unpaired) electrons. The number of anilines is 1. The molecule has 1 atom stereocenters. The second-order valence-corrected chi connectivity index (χ2v) is 7.79. The molecule has 1 heterocycles. The van der Waals surface area contributed by atoms with Gasteiger partial charge in [-0.1, -0.05) is 41.9 Å². The number of carbonyl (C=O) groups is 2. The monoisotopic (exact) mass is 463 g/mol. The highest BCUT2D eigenvalue weighted by Gasteiger charge is 2.47. The van der Waals surface area contributed by atoms with Crippen molar-refractivity contribution in [2.75, 3.05) is 18.6 Å². The predicted molar refractivity (Wildman–Crippen MR) is 127 cm³/mol. The van der Waals surface area contributed by atoms with Crippen LogP contribution in [0.15, 0.2) is 78.4 Å². The lowest BCUT2D eigenvalue weighted by molar-refractivity contribution is -0.132. The fourth-order valence-electron chi connectivity index (χ4n) is 3.97. The molecule has 4 rings (SSSR count). The molecule has 1 saturated heterocycles. The number of aliphatic hydroxyl groups is 1. The van der Waals surface area contributed by atoms with E-state index in [0.29, 0.717) is 39.9 Å². The third-order valence-corrected chi connectivity index (χ3v) is 5.61. The molecule has 0 aliphatic carbocycles. The van der Waals surface area contributed by atoms with Crippen LogP contribution in [0.5, 0.6) is 11.5 Å². The van der Waals surface area contributed by atoms with Gasteiger partial charge >= 0.3 is 0 Å². The van der Waals surface area contributed by atoms with Gasteiger partial charge in [0.15, 0.2) is 0 Å². The summed E-state index contributed by atoms with van der Waals surface area (Å²) in [7, 11) is 1.47. The van der Waals surface area contributed by atoms with Crippen molar-refractivity contribution in [2.24, 2.45) is 0 Å². The second kappa shape index (κ2) is 9.38. The minimum atomic E-state index is -0.895. The minimum Gasteiger partial charge on any atom is -0.507 e. The maximum absolute atomic E-state index is 13.3. The number of Topliss-reactive ketones (excluding diaryl/α,β-unsaturated/α-hetero) is 1. The first kappa shape index (κ1) is 22.4.